The molecule has 0 radical (unpaired) electrons. The second kappa shape index (κ2) is 6.46. The van der Waals surface area contributed by atoms with Crippen LogP contribution in [0.2, 0.25) is 5.02 Å². The molecule has 0 saturated heterocycles. The summed E-state index contributed by atoms with van der Waals surface area (Å²) < 4.78 is 0. The molecule has 1 N–H and O–H groups in total. The van der Waals surface area contributed by atoms with Crippen molar-refractivity contribution in [2.45, 2.75) is 26.2 Å². The zero-order valence-electron chi connectivity index (χ0n) is 8.92. The molecular weight excluding hydrogens is 210 g/mol. The van der Waals surface area contributed by atoms with Crippen molar-refractivity contribution in [2.24, 2.45) is 0 Å². The van der Waals surface area contributed by atoms with Crippen LogP contribution in [0.1, 0.15) is 25.3 Å². The topological polar surface area (TPSA) is 29.1 Å². The molecule has 0 bridgehead atoms. The predicted molar refractivity (Wildman–Crippen MR) is 63.1 cm³/mol. The maximum absolute atomic E-state index is 11.4. The number of benzene rings is 1. The lowest BCUT2D eigenvalue weighted by molar-refractivity contribution is -0.120. The third-order valence-corrected chi connectivity index (χ3v) is 2.34. The zero-order chi connectivity index (χ0) is 11.1. The summed E-state index contributed by atoms with van der Waals surface area (Å²) in [6.07, 6.45) is 2.53. The van der Waals surface area contributed by atoms with Gasteiger partial charge in [0.2, 0.25) is 5.91 Å². The van der Waals surface area contributed by atoms with Crippen molar-refractivity contribution in [1.82, 2.24) is 5.32 Å². The first-order chi connectivity index (χ1) is 7.22. The highest BCUT2D eigenvalue weighted by Crippen LogP contribution is 2.10. The quantitative estimate of drug-likeness (QED) is 0.768. The van der Waals surface area contributed by atoms with E-state index in [1.54, 1.807) is 6.07 Å². The highest BCUT2D eigenvalue weighted by molar-refractivity contribution is 6.30. The Balaban J connectivity index is 2.37. The molecule has 1 rings (SSSR count). The zero-order valence-corrected chi connectivity index (χ0v) is 9.68. The normalized spacial score (nSPS) is 10.0. The van der Waals surface area contributed by atoms with Crippen LogP contribution in [0.5, 0.6) is 0 Å². The molecule has 15 heavy (non-hydrogen) atoms. The molecule has 82 valence electrons. The van der Waals surface area contributed by atoms with Gasteiger partial charge in [-0.1, -0.05) is 37.1 Å². The van der Waals surface area contributed by atoms with Crippen molar-refractivity contribution in [2.75, 3.05) is 6.54 Å². The summed E-state index contributed by atoms with van der Waals surface area (Å²) in [4.78, 5) is 11.4. The van der Waals surface area contributed by atoms with Crippen LogP contribution in [0.15, 0.2) is 24.3 Å². The molecule has 0 unspecified atom stereocenters. The van der Waals surface area contributed by atoms with Gasteiger partial charge in [-0.25, -0.2) is 0 Å². The number of rotatable bonds is 5. The molecule has 0 saturated carbocycles. The maximum Gasteiger partial charge on any atom is 0.224 e. The molecule has 1 aromatic carbocycles. The minimum absolute atomic E-state index is 0.0608. The molecule has 0 aromatic heterocycles. The Morgan fingerprint density at radius 1 is 1.47 bits per heavy atom. The highest BCUT2D eigenvalue weighted by atomic mass is 35.5. The summed E-state index contributed by atoms with van der Waals surface area (Å²) in [5, 5.41) is 3.54. The number of amides is 1. The van der Waals surface area contributed by atoms with Crippen LogP contribution >= 0.6 is 11.6 Å². The van der Waals surface area contributed by atoms with Gasteiger partial charge < -0.3 is 5.32 Å². The first-order valence-corrected chi connectivity index (χ1v) is 5.61. The van der Waals surface area contributed by atoms with Gasteiger partial charge in [0.1, 0.15) is 0 Å². The fraction of sp³-hybridized carbons (Fsp3) is 0.417. The minimum atomic E-state index is 0.0608. The van der Waals surface area contributed by atoms with E-state index in [-0.39, 0.29) is 5.91 Å². The van der Waals surface area contributed by atoms with Crippen molar-refractivity contribution < 1.29 is 4.79 Å². The van der Waals surface area contributed by atoms with E-state index in [1.165, 1.54) is 0 Å². The smallest absolute Gasteiger partial charge is 0.224 e. The molecule has 1 amide bonds. The third kappa shape index (κ3) is 4.84. The van der Waals surface area contributed by atoms with Gasteiger partial charge in [0, 0.05) is 11.6 Å². The van der Waals surface area contributed by atoms with Gasteiger partial charge in [-0.15, -0.1) is 0 Å². The first-order valence-electron chi connectivity index (χ1n) is 5.23. The second-order valence-corrected chi connectivity index (χ2v) is 3.95. The van der Waals surface area contributed by atoms with Crippen LogP contribution in [0.3, 0.4) is 0 Å². The van der Waals surface area contributed by atoms with E-state index in [2.05, 4.69) is 12.2 Å². The molecule has 0 atom stereocenters. The Morgan fingerprint density at radius 2 is 2.27 bits per heavy atom. The second-order valence-electron chi connectivity index (χ2n) is 3.51. The van der Waals surface area contributed by atoms with E-state index in [4.69, 9.17) is 11.6 Å². The molecule has 1 aromatic rings. The largest absolute Gasteiger partial charge is 0.356 e. The molecule has 3 heteroatoms. The Hall–Kier alpha value is -1.02. The van der Waals surface area contributed by atoms with E-state index in [0.29, 0.717) is 11.4 Å². The number of nitrogens with one attached hydrogen (secondary N) is 1. The average molecular weight is 226 g/mol. The monoisotopic (exact) mass is 225 g/mol. The van der Waals surface area contributed by atoms with Crippen LogP contribution in [0.4, 0.5) is 0 Å². The summed E-state index contributed by atoms with van der Waals surface area (Å²) in [5.41, 5.74) is 0.955. The standard InChI is InChI=1S/C12H16ClNO/c1-2-3-7-14-12(15)9-10-5-4-6-11(13)8-10/h4-6,8H,2-3,7,9H2,1H3,(H,14,15). The molecule has 0 spiro atoms. The maximum atomic E-state index is 11.4. The fourth-order valence-corrected chi connectivity index (χ4v) is 1.51. The van der Waals surface area contributed by atoms with Gasteiger partial charge in [-0.2, -0.15) is 0 Å². The Kier molecular flexibility index (Phi) is 5.19. The summed E-state index contributed by atoms with van der Waals surface area (Å²) in [7, 11) is 0. The SMILES string of the molecule is CCCCNC(=O)Cc1cccc(Cl)c1. The third-order valence-electron chi connectivity index (χ3n) is 2.11. The number of hydrogen-bond acceptors (Lipinski definition) is 1. The lowest BCUT2D eigenvalue weighted by atomic mass is 10.1. The van der Waals surface area contributed by atoms with Gasteiger partial charge in [0.05, 0.1) is 6.42 Å². The van der Waals surface area contributed by atoms with Gasteiger partial charge in [-0.05, 0) is 24.1 Å². The van der Waals surface area contributed by atoms with E-state index >= 15 is 0 Å². The predicted octanol–water partition coefficient (Wildman–Crippen LogP) is 2.80. The number of carbonyl (C=O) groups is 1. The number of carbonyl (C=O) groups excluding carboxylic acids is 1. The Morgan fingerprint density at radius 3 is 2.93 bits per heavy atom. The van der Waals surface area contributed by atoms with Crippen LogP contribution in [-0.4, -0.2) is 12.5 Å². The number of unbranched alkanes of at least 4 members (excludes halogenated alkanes) is 1. The van der Waals surface area contributed by atoms with E-state index < -0.39 is 0 Å². The van der Waals surface area contributed by atoms with Gasteiger partial charge in [-0.3, -0.25) is 4.79 Å². The summed E-state index contributed by atoms with van der Waals surface area (Å²) in [6.45, 7) is 2.86. The van der Waals surface area contributed by atoms with Gasteiger partial charge >= 0.3 is 0 Å². The van der Waals surface area contributed by atoms with E-state index in [9.17, 15) is 4.79 Å². The fourth-order valence-electron chi connectivity index (χ4n) is 1.30. The summed E-state index contributed by atoms with van der Waals surface area (Å²) >= 11 is 5.82. The lowest BCUT2D eigenvalue weighted by Crippen LogP contribution is -2.25. The van der Waals surface area contributed by atoms with Crippen LogP contribution in [0, 0.1) is 0 Å². The first kappa shape index (κ1) is 12.1. The van der Waals surface area contributed by atoms with Crippen LogP contribution in [-0.2, 0) is 11.2 Å². The van der Waals surface area contributed by atoms with Crippen molar-refractivity contribution in [3.8, 4) is 0 Å². The molecule has 2 nitrogen and oxygen atoms in total. The van der Waals surface area contributed by atoms with Crippen molar-refractivity contribution in [3.05, 3.63) is 34.9 Å². The number of halogens is 1. The minimum Gasteiger partial charge on any atom is -0.356 e. The molecular formula is C12H16ClNO. The van der Waals surface area contributed by atoms with E-state index in [0.717, 1.165) is 24.9 Å². The average Bonchev–Trinajstić information content (AvgIpc) is 2.18. The van der Waals surface area contributed by atoms with Crippen molar-refractivity contribution in [3.63, 3.8) is 0 Å². The van der Waals surface area contributed by atoms with Crippen LogP contribution < -0.4 is 5.32 Å². The van der Waals surface area contributed by atoms with Gasteiger partial charge in [0.25, 0.3) is 0 Å². The Bertz CT molecular complexity index is 325. The van der Waals surface area contributed by atoms with E-state index in [1.807, 2.05) is 18.2 Å². The Labute approximate surface area is 95.6 Å². The molecule has 0 fully saturated rings. The summed E-state index contributed by atoms with van der Waals surface area (Å²) in [5.74, 6) is 0.0608. The molecule has 0 aliphatic rings. The molecule has 0 aliphatic heterocycles. The molecule has 0 aliphatic carbocycles. The highest BCUT2D eigenvalue weighted by Gasteiger charge is 2.02. The van der Waals surface area contributed by atoms with Crippen molar-refractivity contribution in [1.29, 1.82) is 0 Å². The lowest BCUT2D eigenvalue weighted by Gasteiger charge is -2.04. The summed E-state index contributed by atoms with van der Waals surface area (Å²) in [6, 6.07) is 7.39. The van der Waals surface area contributed by atoms with Crippen molar-refractivity contribution >= 4 is 17.5 Å². The van der Waals surface area contributed by atoms with Crippen LogP contribution in [0.25, 0.3) is 0 Å². The number of hydrogen-bond donors (Lipinski definition) is 1. The molecule has 0 heterocycles. The van der Waals surface area contributed by atoms with Gasteiger partial charge in [0.15, 0.2) is 0 Å².